The molecule has 0 atom stereocenters. The maximum absolute atomic E-state index is 11.9. The summed E-state index contributed by atoms with van der Waals surface area (Å²) in [5.41, 5.74) is 0.630. The van der Waals surface area contributed by atoms with Gasteiger partial charge in [0.15, 0.2) is 0 Å². The molecule has 0 heterocycles. The van der Waals surface area contributed by atoms with Gasteiger partial charge in [-0.25, -0.2) is 0 Å². The molecule has 2 aromatic carbocycles. The molecule has 3 nitrogen and oxygen atoms in total. The molecule has 0 bridgehead atoms. The number of carbonyl (C=O) groups is 1. The predicted octanol–water partition coefficient (Wildman–Crippen LogP) is 4.08. The Morgan fingerprint density at radius 3 is 2.80 bits per heavy atom. The lowest BCUT2D eigenvalue weighted by atomic mass is 10.3. The van der Waals surface area contributed by atoms with E-state index in [1.54, 1.807) is 19.2 Å². The summed E-state index contributed by atoms with van der Waals surface area (Å²) in [5.74, 6) is 1.01. The third-order valence-electron chi connectivity index (χ3n) is 2.56. The molecule has 2 rings (SSSR count). The van der Waals surface area contributed by atoms with Crippen LogP contribution in [0.25, 0.3) is 0 Å². The van der Waals surface area contributed by atoms with E-state index in [9.17, 15) is 4.79 Å². The minimum Gasteiger partial charge on any atom is -0.497 e. The minimum absolute atomic E-state index is 0.0917. The summed E-state index contributed by atoms with van der Waals surface area (Å²) >= 11 is 7.44. The van der Waals surface area contributed by atoms with Crippen molar-refractivity contribution in [3.63, 3.8) is 0 Å². The van der Waals surface area contributed by atoms with Crippen LogP contribution in [0.4, 0.5) is 5.69 Å². The number of para-hydroxylation sites is 1. The van der Waals surface area contributed by atoms with Gasteiger partial charge in [-0.1, -0.05) is 29.8 Å². The van der Waals surface area contributed by atoms with Gasteiger partial charge in [0.25, 0.3) is 0 Å². The maximum atomic E-state index is 11.9. The largest absolute Gasteiger partial charge is 0.497 e. The number of halogens is 1. The van der Waals surface area contributed by atoms with Crippen LogP contribution < -0.4 is 10.1 Å². The van der Waals surface area contributed by atoms with E-state index in [0.717, 1.165) is 10.6 Å². The van der Waals surface area contributed by atoms with Crippen LogP contribution in [-0.4, -0.2) is 18.8 Å². The molecule has 0 aliphatic rings. The number of rotatable bonds is 5. The van der Waals surface area contributed by atoms with Crippen molar-refractivity contribution in [1.29, 1.82) is 0 Å². The molecule has 1 N–H and O–H groups in total. The molecule has 0 aliphatic heterocycles. The zero-order valence-corrected chi connectivity index (χ0v) is 12.5. The van der Waals surface area contributed by atoms with Crippen molar-refractivity contribution in [2.45, 2.75) is 4.90 Å². The summed E-state index contributed by atoms with van der Waals surface area (Å²) < 4.78 is 5.14. The molecular weight excluding hydrogens is 294 g/mol. The van der Waals surface area contributed by atoms with E-state index in [2.05, 4.69) is 5.32 Å². The summed E-state index contributed by atoms with van der Waals surface area (Å²) in [4.78, 5) is 12.9. The van der Waals surface area contributed by atoms with Gasteiger partial charge >= 0.3 is 0 Å². The number of thioether (sulfide) groups is 1. The number of ether oxygens (including phenoxy) is 1. The Labute approximate surface area is 127 Å². The van der Waals surface area contributed by atoms with E-state index in [1.165, 1.54) is 11.8 Å². The van der Waals surface area contributed by atoms with Crippen LogP contribution in [0.15, 0.2) is 53.4 Å². The molecular formula is C15H14ClNO2S. The molecule has 20 heavy (non-hydrogen) atoms. The summed E-state index contributed by atoms with van der Waals surface area (Å²) in [6, 6.07) is 14.8. The summed E-state index contributed by atoms with van der Waals surface area (Å²) in [6.45, 7) is 0. The summed E-state index contributed by atoms with van der Waals surface area (Å²) in [7, 11) is 1.62. The van der Waals surface area contributed by atoms with Crippen molar-refractivity contribution >= 4 is 35.0 Å². The molecule has 5 heteroatoms. The number of hydrogen-bond donors (Lipinski definition) is 1. The van der Waals surface area contributed by atoms with E-state index in [0.29, 0.717) is 16.5 Å². The van der Waals surface area contributed by atoms with Crippen molar-refractivity contribution in [3.05, 3.63) is 53.6 Å². The molecule has 0 unspecified atom stereocenters. The quantitative estimate of drug-likeness (QED) is 0.846. The van der Waals surface area contributed by atoms with Crippen molar-refractivity contribution in [3.8, 4) is 5.75 Å². The molecule has 2 aromatic rings. The zero-order chi connectivity index (χ0) is 14.4. The lowest BCUT2D eigenvalue weighted by molar-refractivity contribution is -0.113. The number of benzene rings is 2. The smallest absolute Gasteiger partial charge is 0.234 e. The molecule has 0 saturated heterocycles. The van der Waals surface area contributed by atoms with Crippen molar-refractivity contribution in [1.82, 2.24) is 0 Å². The highest BCUT2D eigenvalue weighted by Crippen LogP contribution is 2.24. The first-order valence-electron chi connectivity index (χ1n) is 6.00. The van der Waals surface area contributed by atoms with E-state index >= 15 is 0 Å². The van der Waals surface area contributed by atoms with Crippen molar-refractivity contribution in [2.24, 2.45) is 0 Å². The summed E-state index contributed by atoms with van der Waals surface area (Å²) in [6.07, 6.45) is 0. The first-order valence-corrected chi connectivity index (χ1v) is 7.36. The zero-order valence-electron chi connectivity index (χ0n) is 10.9. The Morgan fingerprint density at radius 1 is 1.25 bits per heavy atom. The molecule has 0 aromatic heterocycles. The number of carbonyl (C=O) groups excluding carboxylic acids is 1. The van der Waals surface area contributed by atoms with E-state index in [-0.39, 0.29) is 5.91 Å². The molecule has 1 amide bonds. The van der Waals surface area contributed by atoms with Crippen molar-refractivity contribution in [2.75, 3.05) is 18.2 Å². The normalized spacial score (nSPS) is 10.1. The average Bonchev–Trinajstić information content (AvgIpc) is 2.48. The van der Waals surface area contributed by atoms with Gasteiger partial charge in [0.2, 0.25) is 5.91 Å². The number of nitrogens with one attached hydrogen (secondary N) is 1. The third kappa shape index (κ3) is 4.18. The van der Waals surface area contributed by atoms with Gasteiger partial charge in [0.05, 0.1) is 23.6 Å². The van der Waals surface area contributed by atoms with Crippen LogP contribution in [0.2, 0.25) is 5.02 Å². The maximum Gasteiger partial charge on any atom is 0.234 e. The Morgan fingerprint density at radius 2 is 2.05 bits per heavy atom. The second-order valence-electron chi connectivity index (χ2n) is 4.00. The van der Waals surface area contributed by atoms with Crippen LogP contribution in [0, 0.1) is 0 Å². The number of methoxy groups -OCH3 is 1. The Balaban J connectivity index is 1.90. The first-order chi connectivity index (χ1) is 9.69. The van der Waals surface area contributed by atoms with Gasteiger partial charge in [-0.05, 0) is 30.3 Å². The second-order valence-corrected chi connectivity index (χ2v) is 5.45. The minimum atomic E-state index is -0.0917. The fourth-order valence-corrected chi connectivity index (χ4v) is 2.52. The SMILES string of the molecule is COc1cccc(SCC(=O)Nc2ccccc2Cl)c1. The van der Waals surface area contributed by atoms with Gasteiger partial charge < -0.3 is 10.1 Å². The predicted molar refractivity (Wildman–Crippen MR) is 83.8 cm³/mol. The standard InChI is InChI=1S/C15H14ClNO2S/c1-19-11-5-4-6-12(9-11)20-10-15(18)17-14-8-3-2-7-13(14)16/h2-9H,10H2,1H3,(H,17,18). The highest BCUT2D eigenvalue weighted by atomic mass is 35.5. The van der Waals surface area contributed by atoms with Crippen LogP contribution >= 0.6 is 23.4 Å². The monoisotopic (exact) mass is 307 g/mol. The van der Waals surface area contributed by atoms with Gasteiger partial charge in [-0.15, -0.1) is 11.8 Å². The fraction of sp³-hybridized carbons (Fsp3) is 0.133. The molecule has 0 saturated carbocycles. The topological polar surface area (TPSA) is 38.3 Å². The van der Waals surface area contributed by atoms with E-state index in [4.69, 9.17) is 16.3 Å². The number of amides is 1. The fourth-order valence-electron chi connectivity index (χ4n) is 1.59. The van der Waals surface area contributed by atoms with Crippen LogP contribution in [-0.2, 0) is 4.79 Å². The Hall–Kier alpha value is -1.65. The molecule has 104 valence electrons. The van der Waals surface area contributed by atoms with Crippen LogP contribution in [0.5, 0.6) is 5.75 Å². The number of hydrogen-bond acceptors (Lipinski definition) is 3. The van der Waals surface area contributed by atoms with E-state index < -0.39 is 0 Å². The molecule has 0 fully saturated rings. The van der Waals surface area contributed by atoms with Gasteiger partial charge in [0, 0.05) is 4.90 Å². The van der Waals surface area contributed by atoms with Crippen molar-refractivity contribution < 1.29 is 9.53 Å². The van der Waals surface area contributed by atoms with Crippen LogP contribution in [0.1, 0.15) is 0 Å². The second kappa shape index (κ2) is 7.22. The average molecular weight is 308 g/mol. The number of anilines is 1. The Kier molecular flexibility index (Phi) is 5.32. The Bertz CT molecular complexity index is 604. The lowest BCUT2D eigenvalue weighted by Gasteiger charge is -2.07. The van der Waals surface area contributed by atoms with Crippen LogP contribution in [0.3, 0.4) is 0 Å². The molecule has 0 spiro atoms. The molecule has 0 radical (unpaired) electrons. The highest BCUT2D eigenvalue weighted by molar-refractivity contribution is 8.00. The summed E-state index contributed by atoms with van der Waals surface area (Å²) in [5, 5.41) is 3.32. The highest BCUT2D eigenvalue weighted by Gasteiger charge is 2.06. The lowest BCUT2D eigenvalue weighted by Crippen LogP contribution is -2.14. The third-order valence-corrected chi connectivity index (χ3v) is 3.88. The van der Waals surface area contributed by atoms with Gasteiger partial charge in [-0.2, -0.15) is 0 Å². The first kappa shape index (κ1) is 14.8. The van der Waals surface area contributed by atoms with Gasteiger partial charge in [-0.3, -0.25) is 4.79 Å². The molecule has 0 aliphatic carbocycles. The van der Waals surface area contributed by atoms with E-state index in [1.807, 2.05) is 36.4 Å². The van der Waals surface area contributed by atoms with Gasteiger partial charge in [0.1, 0.15) is 5.75 Å².